The number of hydrogen-bond acceptors (Lipinski definition) is 2. The molecule has 0 aliphatic carbocycles. The minimum absolute atomic E-state index is 0.0303. The molecule has 0 heterocycles. The van der Waals surface area contributed by atoms with Gasteiger partial charge in [-0.15, -0.1) is 0 Å². The molecule has 0 fully saturated rings. The molecule has 0 unspecified atom stereocenters. The van der Waals surface area contributed by atoms with E-state index in [1.54, 1.807) is 0 Å². The molecule has 4 nitrogen and oxygen atoms in total. The maximum atomic E-state index is 13.3. The Kier molecular flexibility index (Phi) is 5.97. The Balaban J connectivity index is 2.46. The van der Waals surface area contributed by atoms with Gasteiger partial charge < -0.3 is 11.1 Å². The first kappa shape index (κ1) is 18.7. The summed E-state index contributed by atoms with van der Waals surface area (Å²) in [6.07, 6.45) is 0.751. The quantitative estimate of drug-likeness (QED) is 0.814. The van der Waals surface area contributed by atoms with E-state index in [0.29, 0.717) is 0 Å². The molecule has 0 bridgehead atoms. The minimum Gasteiger partial charge on any atom is -0.368 e. The minimum atomic E-state index is -0.913. The molecule has 0 radical (unpaired) electrons. The molecule has 3 N–H and O–H groups in total. The molecule has 2 rings (SSSR count). The van der Waals surface area contributed by atoms with Gasteiger partial charge in [0.15, 0.2) is 0 Å². The van der Waals surface area contributed by atoms with Crippen LogP contribution in [0.1, 0.15) is 38.3 Å². The van der Waals surface area contributed by atoms with Gasteiger partial charge in [-0.1, -0.05) is 80.9 Å². The van der Waals surface area contributed by atoms with Gasteiger partial charge in [-0.25, -0.2) is 0 Å². The van der Waals surface area contributed by atoms with E-state index in [-0.39, 0.29) is 11.8 Å². The number of hydrogen-bond donors (Lipinski definition) is 2. The summed E-state index contributed by atoms with van der Waals surface area (Å²) in [5.41, 5.74) is 6.35. The number of primary amides is 1. The molecular formula is C21H26N2O2. The van der Waals surface area contributed by atoms with Crippen molar-refractivity contribution in [3.8, 4) is 0 Å². The van der Waals surface area contributed by atoms with Crippen molar-refractivity contribution in [2.75, 3.05) is 0 Å². The fourth-order valence-electron chi connectivity index (χ4n) is 2.99. The van der Waals surface area contributed by atoms with Crippen molar-refractivity contribution in [2.45, 2.75) is 38.6 Å². The van der Waals surface area contributed by atoms with Crippen LogP contribution in [0.25, 0.3) is 0 Å². The molecule has 2 amide bonds. The van der Waals surface area contributed by atoms with Crippen molar-refractivity contribution in [3.63, 3.8) is 0 Å². The van der Waals surface area contributed by atoms with Crippen molar-refractivity contribution < 1.29 is 9.59 Å². The number of carbonyl (C=O) groups is 2. The van der Waals surface area contributed by atoms with Gasteiger partial charge in [0.25, 0.3) is 0 Å². The maximum Gasteiger partial charge on any atom is 0.240 e. The van der Waals surface area contributed by atoms with Crippen LogP contribution in [-0.2, 0) is 15.0 Å². The standard InChI is InChI=1S/C21H26N2O2/c1-4-15(2)18(19(22)24)23-20(25)21(3,16-11-7-5-8-12-16)17-13-9-6-10-14-17/h5-15,18H,4H2,1-3H3,(H2,22,24)(H,23,25)/t15-,18+/m0/s1. The molecule has 0 aliphatic heterocycles. The highest BCUT2D eigenvalue weighted by Crippen LogP contribution is 2.32. The highest BCUT2D eigenvalue weighted by Gasteiger charge is 2.39. The van der Waals surface area contributed by atoms with Gasteiger partial charge in [-0.05, 0) is 24.0 Å². The number of nitrogens with two attached hydrogens (primary N) is 1. The lowest BCUT2D eigenvalue weighted by atomic mass is 9.75. The smallest absolute Gasteiger partial charge is 0.240 e. The van der Waals surface area contributed by atoms with Crippen LogP contribution in [0.15, 0.2) is 60.7 Å². The lowest BCUT2D eigenvalue weighted by molar-refractivity contribution is -0.130. The second-order valence-corrected chi connectivity index (χ2v) is 6.60. The zero-order valence-electron chi connectivity index (χ0n) is 15.0. The van der Waals surface area contributed by atoms with E-state index in [4.69, 9.17) is 5.73 Å². The van der Waals surface area contributed by atoms with Crippen LogP contribution in [-0.4, -0.2) is 17.9 Å². The summed E-state index contributed by atoms with van der Waals surface area (Å²) in [5.74, 6) is -0.766. The summed E-state index contributed by atoms with van der Waals surface area (Å²) in [6, 6.07) is 18.5. The molecular weight excluding hydrogens is 312 g/mol. The number of carbonyl (C=O) groups excluding carboxylic acids is 2. The average Bonchev–Trinajstić information content (AvgIpc) is 2.65. The molecule has 2 atom stereocenters. The summed E-state index contributed by atoms with van der Waals surface area (Å²) in [7, 11) is 0. The van der Waals surface area contributed by atoms with Crippen molar-refractivity contribution >= 4 is 11.8 Å². The first-order valence-electron chi connectivity index (χ1n) is 8.62. The average molecular weight is 338 g/mol. The topological polar surface area (TPSA) is 72.2 Å². The Morgan fingerprint density at radius 1 is 1.00 bits per heavy atom. The number of amides is 2. The Morgan fingerprint density at radius 3 is 1.80 bits per heavy atom. The largest absolute Gasteiger partial charge is 0.368 e. The fraction of sp³-hybridized carbons (Fsp3) is 0.333. The van der Waals surface area contributed by atoms with Gasteiger partial charge >= 0.3 is 0 Å². The van der Waals surface area contributed by atoms with Crippen LogP contribution in [0.5, 0.6) is 0 Å². The van der Waals surface area contributed by atoms with Crippen molar-refractivity contribution in [2.24, 2.45) is 11.7 Å². The van der Waals surface area contributed by atoms with E-state index >= 15 is 0 Å². The van der Waals surface area contributed by atoms with Gasteiger partial charge in [0.2, 0.25) is 11.8 Å². The summed E-state index contributed by atoms with van der Waals surface area (Å²) < 4.78 is 0. The van der Waals surface area contributed by atoms with Crippen LogP contribution >= 0.6 is 0 Å². The highest BCUT2D eigenvalue weighted by molar-refractivity contribution is 5.95. The van der Waals surface area contributed by atoms with Crippen molar-refractivity contribution in [1.29, 1.82) is 0 Å². The predicted molar refractivity (Wildman–Crippen MR) is 99.9 cm³/mol. The monoisotopic (exact) mass is 338 g/mol. The maximum absolute atomic E-state index is 13.3. The van der Waals surface area contributed by atoms with E-state index < -0.39 is 17.4 Å². The van der Waals surface area contributed by atoms with E-state index in [0.717, 1.165) is 17.5 Å². The molecule has 0 aliphatic rings. The predicted octanol–water partition coefficient (Wildman–Crippen LogP) is 3.01. The first-order chi connectivity index (χ1) is 11.9. The van der Waals surface area contributed by atoms with E-state index in [1.807, 2.05) is 81.4 Å². The zero-order chi connectivity index (χ0) is 18.4. The molecule has 4 heteroatoms. The lowest BCUT2D eigenvalue weighted by Crippen LogP contribution is -2.54. The van der Waals surface area contributed by atoms with Crippen LogP contribution in [0.4, 0.5) is 0 Å². The summed E-state index contributed by atoms with van der Waals surface area (Å²) >= 11 is 0. The molecule has 132 valence electrons. The van der Waals surface area contributed by atoms with E-state index in [2.05, 4.69) is 5.32 Å². The highest BCUT2D eigenvalue weighted by atomic mass is 16.2. The Morgan fingerprint density at radius 2 is 1.44 bits per heavy atom. The molecule has 0 aromatic heterocycles. The van der Waals surface area contributed by atoms with Gasteiger partial charge in [0.1, 0.15) is 6.04 Å². The Bertz CT molecular complexity index is 674. The molecule has 0 saturated carbocycles. The third kappa shape index (κ3) is 3.90. The number of rotatable bonds is 7. The summed E-state index contributed by atoms with van der Waals surface area (Å²) in [4.78, 5) is 25.1. The number of nitrogens with one attached hydrogen (secondary N) is 1. The molecule has 25 heavy (non-hydrogen) atoms. The van der Waals surface area contributed by atoms with Gasteiger partial charge in [0, 0.05) is 0 Å². The van der Waals surface area contributed by atoms with Crippen LogP contribution in [0.2, 0.25) is 0 Å². The van der Waals surface area contributed by atoms with Gasteiger partial charge in [-0.3, -0.25) is 9.59 Å². The third-order valence-corrected chi connectivity index (χ3v) is 4.96. The Hall–Kier alpha value is -2.62. The normalized spacial score (nSPS) is 13.7. The lowest BCUT2D eigenvalue weighted by Gasteiger charge is -2.32. The molecule has 0 saturated heterocycles. The Labute approximate surface area is 149 Å². The zero-order valence-corrected chi connectivity index (χ0v) is 15.0. The van der Waals surface area contributed by atoms with Crippen molar-refractivity contribution in [3.05, 3.63) is 71.8 Å². The summed E-state index contributed by atoms with van der Waals surface area (Å²) in [5, 5.41) is 2.89. The van der Waals surface area contributed by atoms with Gasteiger partial charge in [0.05, 0.1) is 5.41 Å². The molecule has 2 aromatic rings. The van der Waals surface area contributed by atoms with Crippen molar-refractivity contribution in [1.82, 2.24) is 5.32 Å². The molecule has 0 spiro atoms. The number of benzene rings is 2. The van der Waals surface area contributed by atoms with Gasteiger partial charge in [-0.2, -0.15) is 0 Å². The van der Waals surface area contributed by atoms with Crippen LogP contribution < -0.4 is 11.1 Å². The van der Waals surface area contributed by atoms with E-state index in [9.17, 15) is 9.59 Å². The SMILES string of the molecule is CC[C@H](C)[C@@H](NC(=O)C(C)(c1ccccc1)c1ccccc1)C(N)=O. The second kappa shape index (κ2) is 7.97. The van der Waals surface area contributed by atoms with E-state index in [1.165, 1.54) is 0 Å². The van der Waals surface area contributed by atoms with Crippen LogP contribution in [0, 0.1) is 5.92 Å². The summed E-state index contributed by atoms with van der Waals surface area (Å²) in [6.45, 7) is 5.76. The molecule has 2 aromatic carbocycles. The first-order valence-corrected chi connectivity index (χ1v) is 8.62. The second-order valence-electron chi connectivity index (χ2n) is 6.60. The van der Waals surface area contributed by atoms with Crippen LogP contribution in [0.3, 0.4) is 0 Å². The third-order valence-electron chi connectivity index (χ3n) is 4.96. The fourth-order valence-corrected chi connectivity index (χ4v) is 2.99.